The molecule has 0 saturated carbocycles. The summed E-state index contributed by atoms with van der Waals surface area (Å²) in [4.78, 5) is 10.1. The van der Waals surface area contributed by atoms with Crippen molar-refractivity contribution in [2.45, 2.75) is 19.9 Å². The summed E-state index contributed by atoms with van der Waals surface area (Å²) in [6.07, 6.45) is 3.33. The third-order valence-electron chi connectivity index (χ3n) is 1.13. The lowest BCUT2D eigenvalue weighted by Gasteiger charge is -1.91. The third-order valence-corrected chi connectivity index (χ3v) is 1.13. The first-order valence-electron chi connectivity index (χ1n) is 3.22. The number of aldehydes is 1. The average molecular weight is 139 g/mol. The molecule has 0 aliphatic rings. The van der Waals surface area contributed by atoms with Crippen molar-refractivity contribution in [2.24, 2.45) is 0 Å². The van der Waals surface area contributed by atoms with E-state index in [0.717, 1.165) is 13.0 Å². The van der Waals surface area contributed by atoms with Gasteiger partial charge in [0.1, 0.15) is 5.69 Å². The van der Waals surface area contributed by atoms with E-state index in [9.17, 15) is 4.79 Å². The fourth-order valence-corrected chi connectivity index (χ4v) is 0.706. The number of nitrogens with zero attached hydrogens (tertiary/aromatic N) is 3. The van der Waals surface area contributed by atoms with Crippen LogP contribution in [0.4, 0.5) is 0 Å². The lowest BCUT2D eigenvalue weighted by atomic mass is 10.5. The number of hydrogen-bond donors (Lipinski definition) is 0. The molecule has 1 aromatic rings. The summed E-state index contributed by atoms with van der Waals surface area (Å²) in [5.41, 5.74) is 0.397. The van der Waals surface area contributed by atoms with Gasteiger partial charge in [-0.3, -0.25) is 9.48 Å². The second kappa shape index (κ2) is 3.10. The Kier molecular flexibility index (Phi) is 2.15. The molecule has 1 aromatic heterocycles. The Morgan fingerprint density at radius 1 is 1.80 bits per heavy atom. The van der Waals surface area contributed by atoms with Gasteiger partial charge in [0, 0.05) is 6.54 Å². The smallest absolute Gasteiger partial charge is 0.171 e. The Labute approximate surface area is 58.8 Å². The van der Waals surface area contributed by atoms with E-state index in [0.29, 0.717) is 12.0 Å². The molecule has 0 radical (unpaired) electrons. The van der Waals surface area contributed by atoms with Crippen LogP contribution < -0.4 is 0 Å². The first kappa shape index (κ1) is 6.92. The Morgan fingerprint density at radius 3 is 3.10 bits per heavy atom. The first-order chi connectivity index (χ1) is 4.86. The van der Waals surface area contributed by atoms with Gasteiger partial charge in [-0.05, 0) is 6.42 Å². The molecule has 0 unspecified atom stereocenters. The summed E-state index contributed by atoms with van der Waals surface area (Å²) in [5, 5.41) is 7.31. The zero-order chi connectivity index (χ0) is 7.40. The minimum Gasteiger partial charge on any atom is -0.296 e. The molecule has 54 valence electrons. The summed E-state index contributed by atoms with van der Waals surface area (Å²) in [6, 6.07) is 0. The van der Waals surface area contributed by atoms with Gasteiger partial charge in [0.15, 0.2) is 6.29 Å². The molecule has 0 saturated heterocycles. The summed E-state index contributed by atoms with van der Waals surface area (Å²) < 4.78 is 1.66. The van der Waals surface area contributed by atoms with E-state index in [1.807, 2.05) is 6.92 Å². The van der Waals surface area contributed by atoms with Crippen molar-refractivity contribution in [3.8, 4) is 0 Å². The molecule has 4 heteroatoms. The van der Waals surface area contributed by atoms with Crippen LogP contribution in [0.15, 0.2) is 6.20 Å². The molecular formula is C6H9N3O. The molecular weight excluding hydrogens is 130 g/mol. The summed E-state index contributed by atoms with van der Waals surface area (Å²) in [5.74, 6) is 0. The zero-order valence-corrected chi connectivity index (χ0v) is 5.82. The molecule has 0 fully saturated rings. The Bertz CT molecular complexity index is 219. The van der Waals surface area contributed by atoms with Crippen LogP contribution in [0.2, 0.25) is 0 Å². The Hall–Kier alpha value is -1.19. The minimum atomic E-state index is 0.397. The van der Waals surface area contributed by atoms with E-state index >= 15 is 0 Å². The lowest BCUT2D eigenvalue weighted by Crippen LogP contribution is -1.96. The first-order valence-corrected chi connectivity index (χ1v) is 3.22. The standard InChI is InChI=1S/C6H9N3O/c1-2-3-9-4-6(5-10)7-8-9/h4-5H,2-3H2,1H3. The predicted molar refractivity (Wildman–Crippen MR) is 35.7 cm³/mol. The molecule has 0 aromatic carbocycles. The largest absolute Gasteiger partial charge is 0.296 e. The molecule has 0 spiro atoms. The van der Waals surface area contributed by atoms with Crippen LogP contribution in [-0.2, 0) is 6.54 Å². The number of aromatic nitrogens is 3. The molecule has 0 bridgehead atoms. The highest BCUT2D eigenvalue weighted by molar-refractivity contribution is 5.70. The maximum atomic E-state index is 10.1. The van der Waals surface area contributed by atoms with Gasteiger partial charge in [-0.25, -0.2) is 0 Å². The van der Waals surface area contributed by atoms with Crippen LogP contribution in [0.3, 0.4) is 0 Å². The third kappa shape index (κ3) is 1.40. The SMILES string of the molecule is CCCn1cc(C=O)nn1. The highest BCUT2D eigenvalue weighted by Crippen LogP contribution is 1.89. The van der Waals surface area contributed by atoms with E-state index in [1.165, 1.54) is 0 Å². The number of rotatable bonds is 3. The molecule has 0 aliphatic heterocycles. The van der Waals surface area contributed by atoms with Crippen LogP contribution in [-0.4, -0.2) is 21.3 Å². The number of hydrogen-bond acceptors (Lipinski definition) is 3. The van der Waals surface area contributed by atoms with E-state index in [-0.39, 0.29) is 0 Å². The van der Waals surface area contributed by atoms with Gasteiger partial charge in [-0.2, -0.15) is 0 Å². The second-order valence-corrected chi connectivity index (χ2v) is 2.02. The summed E-state index contributed by atoms with van der Waals surface area (Å²) in [6.45, 7) is 2.86. The van der Waals surface area contributed by atoms with Crippen LogP contribution in [0.1, 0.15) is 23.8 Å². The van der Waals surface area contributed by atoms with Gasteiger partial charge >= 0.3 is 0 Å². The van der Waals surface area contributed by atoms with Crippen LogP contribution in [0.25, 0.3) is 0 Å². The van der Waals surface area contributed by atoms with E-state index in [2.05, 4.69) is 10.3 Å². The van der Waals surface area contributed by atoms with Gasteiger partial charge in [-0.15, -0.1) is 5.10 Å². The van der Waals surface area contributed by atoms with Crippen molar-refractivity contribution in [3.05, 3.63) is 11.9 Å². The second-order valence-electron chi connectivity index (χ2n) is 2.02. The summed E-state index contributed by atoms with van der Waals surface area (Å²) in [7, 11) is 0. The molecule has 0 atom stereocenters. The quantitative estimate of drug-likeness (QED) is 0.573. The summed E-state index contributed by atoms with van der Waals surface area (Å²) >= 11 is 0. The Morgan fingerprint density at radius 2 is 2.60 bits per heavy atom. The molecule has 4 nitrogen and oxygen atoms in total. The normalized spacial score (nSPS) is 9.70. The van der Waals surface area contributed by atoms with E-state index < -0.39 is 0 Å². The molecule has 1 heterocycles. The fraction of sp³-hybridized carbons (Fsp3) is 0.500. The van der Waals surface area contributed by atoms with Crippen molar-refractivity contribution < 1.29 is 4.79 Å². The monoisotopic (exact) mass is 139 g/mol. The maximum Gasteiger partial charge on any atom is 0.171 e. The molecule has 0 N–H and O–H groups in total. The van der Waals surface area contributed by atoms with Crippen molar-refractivity contribution in [2.75, 3.05) is 0 Å². The molecule has 0 aliphatic carbocycles. The molecule has 1 rings (SSSR count). The number of carbonyl (C=O) groups excluding carboxylic acids is 1. The molecule has 0 amide bonds. The average Bonchev–Trinajstić information content (AvgIpc) is 2.37. The van der Waals surface area contributed by atoms with Crippen molar-refractivity contribution >= 4 is 6.29 Å². The van der Waals surface area contributed by atoms with Gasteiger partial charge in [0.25, 0.3) is 0 Å². The maximum absolute atomic E-state index is 10.1. The van der Waals surface area contributed by atoms with Crippen molar-refractivity contribution in [3.63, 3.8) is 0 Å². The van der Waals surface area contributed by atoms with E-state index in [4.69, 9.17) is 0 Å². The lowest BCUT2D eigenvalue weighted by molar-refractivity contribution is 0.111. The predicted octanol–water partition coefficient (Wildman–Crippen LogP) is 0.501. The van der Waals surface area contributed by atoms with Crippen LogP contribution in [0.5, 0.6) is 0 Å². The van der Waals surface area contributed by atoms with Gasteiger partial charge in [-0.1, -0.05) is 12.1 Å². The fourth-order valence-electron chi connectivity index (χ4n) is 0.706. The van der Waals surface area contributed by atoms with Gasteiger partial charge in [0.05, 0.1) is 6.20 Å². The Balaban J connectivity index is 2.68. The highest BCUT2D eigenvalue weighted by Gasteiger charge is 1.95. The number of aryl methyl sites for hydroxylation is 1. The highest BCUT2D eigenvalue weighted by atomic mass is 16.1. The van der Waals surface area contributed by atoms with Crippen molar-refractivity contribution in [1.29, 1.82) is 0 Å². The van der Waals surface area contributed by atoms with Gasteiger partial charge < -0.3 is 0 Å². The van der Waals surface area contributed by atoms with Crippen LogP contribution >= 0.6 is 0 Å². The van der Waals surface area contributed by atoms with Crippen LogP contribution in [0, 0.1) is 0 Å². The topological polar surface area (TPSA) is 47.8 Å². The van der Waals surface area contributed by atoms with Gasteiger partial charge in [0.2, 0.25) is 0 Å². The molecule has 10 heavy (non-hydrogen) atoms. The minimum absolute atomic E-state index is 0.397. The van der Waals surface area contributed by atoms with Crippen molar-refractivity contribution in [1.82, 2.24) is 15.0 Å². The van der Waals surface area contributed by atoms with E-state index in [1.54, 1.807) is 10.9 Å². The number of carbonyl (C=O) groups is 1. The zero-order valence-electron chi connectivity index (χ0n) is 5.82.